The fourth-order valence-electron chi connectivity index (χ4n) is 4.44. The van der Waals surface area contributed by atoms with Gasteiger partial charge in [-0.1, -0.05) is 24.8 Å². The monoisotopic (exact) mass is 367 g/mol. The van der Waals surface area contributed by atoms with Crippen molar-refractivity contribution in [1.82, 2.24) is 9.88 Å². The Balaban J connectivity index is 1.36. The minimum absolute atomic E-state index is 0.203. The predicted octanol–water partition coefficient (Wildman–Crippen LogP) is 3.23. The van der Waals surface area contributed by atoms with E-state index in [0.29, 0.717) is 36.4 Å². The molecule has 0 aromatic carbocycles. The lowest BCUT2D eigenvalue weighted by Gasteiger charge is -2.38. The highest BCUT2D eigenvalue weighted by atomic mass is 16.6. The first-order valence-electron chi connectivity index (χ1n) is 9.92. The molecular formula is C22H29N3O2. The van der Waals surface area contributed by atoms with E-state index >= 15 is 0 Å². The summed E-state index contributed by atoms with van der Waals surface area (Å²) in [5.41, 5.74) is 8.40. The highest BCUT2D eigenvalue weighted by Crippen LogP contribution is 2.35. The molecule has 2 bridgehead atoms. The highest BCUT2D eigenvalue weighted by molar-refractivity contribution is 5.37. The van der Waals surface area contributed by atoms with E-state index in [0.717, 1.165) is 25.0 Å². The van der Waals surface area contributed by atoms with E-state index in [2.05, 4.69) is 41.6 Å². The van der Waals surface area contributed by atoms with Crippen LogP contribution in [0.3, 0.4) is 0 Å². The maximum Gasteiger partial charge on any atom is 0.257 e. The second kappa shape index (κ2) is 7.87. The van der Waals surface area contributed by atoms with Crippen molar-refractivity contribution in [3.63, 3.8) is 0 Å². The van der Waals surface area contributed by atoms with Crippen molar-refractivity contribution in [1.29, 1.82) is 0 Å². The molecule has 0 saturated carbocycles. The Morgan fingerprint density at radius 1 is 1.33 bits per heavy atom. The Bertz CT molecular complexity index is 744. The molecule has 5 heteroatoms. The normalized spacial score (nSPS) is 30.7. The fourth-order valence-corrected chi connectivity index (χ4v) is 4.44. The lowest BCUT2D eigenvalue weighted by molar-refractivity contribution is 0.111. The topological polar surface area (TPSA) is 60.6 Å². The van der Waals surface area contributed by atoms with Gasteiger partial charge < -0.3 is 15.2 Å². The molecule has 1 aromatic rings. The Labute approximate surface area is 161 Å². The second-order valence-electron chi connectivity index (χ2n) is 7.78. The summed E-state index contributed by atoms with van der Waals surface area (Å²) in [6, 6.07) is 5.37. The molecule has 4 rings (SSSR count). The molecule has 3 aliphatic rings. The summed E-state index contributed by atoms with van der Waals surface area (Å²) < 4.78 is 11.7. The molecule has 0 amide bonds. The number of allylic oxidation sites excluding steroid dienone is 1. The highest BCUT2D eigenvalue weighted by Gasteiger charge is 2.39. The van der Waals surface area contributed by atoms with E-state index in [1.165, 1.54) is 18.4 Å². The van der Waals surface area contributed by atoms with Crippen LogP contribution in [-0.4, -0.2) is 47.3 Å². The Kier molecular flexibility index (Phi) is 5.32. The van der Waals surface area contributed by atoms with Gasteiger partial charge in [0.1, 0.15) is 6.61 Å². The van der Waals surface area contributed by atoms with Gasteiger partial charge in [0.15, 0.2) is 11.9 Å². The third-order valence-corrected chi connectivity index (χ3v) is 5.96. The maximum absolute atomic E-state index is 6.20. The molecule has 0 aliphatic carbocycles. The average Bonchev–Trinajstić information content (AvgIpc) is 2.92. The zero-order valence-corrected chi connectivity index (χ0v) is 16.0. The van der Waals surface area contributed by atoms with Crippen LogP contribution in [0.2, 0.25) is 0 Å². The van der Waals surface area contributed by atoms with Crippen LogP contribution in [0.4, 0.5) is 0 Å². The Morgan fingerprint density at radius 2 is 2.11 bits per heavy atom. The summed E-state index contributed by atoms with van der Waals surface area (Å²) in [6.07, 6.45) is 12.7. The average molecular weight is 367 g/mol. The molecule has 144 valence electrons. The predicted molar refractivity (Wildman–Crippen MR) is 107 cm³/mol. The van der Waals surface area contributed by atoms with Gasteiger partial charge in [0, 0.05) is 30.9 Å². The molecule has 27 heavy (non-hydrogen) atoms. The summed E-state index contributed by atoms with van der Waals surface area (Å²) in [4.78, 5) is 6.87. The van der Waals surface area contributed by atoms with E-state index in [1.54, 1.807) is 6.20 Å². The van der Waals surface area contributed by atoms with Crippen molar-refractivity contribution in [2.45, 2.75) is 56.8 Å². The van der Waals surface area contributed by atoms with Gasteiger partial charge in [-0.25, -0.2) is 4.98 Å². The summed E-state index contributed by atoms with van der Waals surface area (Å²) in [5.74, 6) is 1.23. The number of hydrogen-bond acceptors (Lipinski definition) is 5. The molecule has 2 fully saturated rings. The minimum atomic E-state index is -0.203. The zero-order valence-electron chi connectivity index (χ0n) is 16.0. The van der Waals surface area contributed by atoms with Crippen molar-refractivity contribution in [3.8, 4) is 11.6 Å². The van der Waals surface area contributed by atoms with Crippen LogP contribution in [0.15, 0.2) is 54.3 Å². The molecule has 0 radical (unpaired) electrons. The minimum Gasteiger partial charge on any atom is -0.484 e. The molecule has 4 atom stereocenters. The molecule has 1 aromatic heterocycles. The number of rotatable bonds is 5. The van der Waals surface area contributed by atoms with Gasteiger partial charge in [0.05, 0.1) is 0 Å². The third-order valence-electron chi connectivity index (χ3n) is 5.96. The first kappa shape index (κ1) is 18.3. The first-order chi connectivity index (χ1) is 13.1. The summed E-state index contributed by atoms with van der Waals surface area (Å²) in [7, 11) is 0. The van der Waals surface area contributed by atoms with Crippen molar-refractivity contribution >= 4 is 0 Å². The van der Waals surface area contributed by atoms with Crippen LogP contribution in [-0.2, 0) is 0 Å². The van der Waals surface area contributed by atoms with E-state index in [-0.39, 0.29) is 6.10 Å². The fraction of sp³-hybridized carbons (Fsp3) is 0.500. The standard InChI is InChI=1S/C22H29N3O2/c1-3-16(13-25-18-8-9-19(25)12-17(23)11-18)7-6-15(2)21-14-26-20-5-4-10-24-22(20)27-21/h3-7,10,17-19,21H,2,8-9,11-14,23H2,1H3/b7-6-,16-3+/t17?,18-,19+,21-/m1/s1. The van der Waals surface area contributed by atoms with Crippen LogP contribution in [0.1, 0.15) is 32.6 Å². The number of hydrogen-bond donors (Lipinski definition) is 1. The largest absolute Gasteiger partial charge is 0.484 e. The lowest BCUT2D eigenvalue weighted by Crippen LogP contribution is -2.47. The SMILES string of the molecule is C=C(/C=C\C(=C/C)CN1[C@@H]2CC[C@H]1CC(N)C2)[C@H]1COc2cccnc2O1. The van der Waals surface area contributed by atoms with E-state index < -0.39 is 0 Å². The van der Waals surface area contributed by atoms with Crippen LogP contribution >= 0.6 is 0 Å². The van der Waals surface area contributed by atoms with Gasteiger partial charge in [-0.15, -0.1) is 0 Å². The zero-order chi connectivity index (χ0) is 18.8. The van der Waals surface area contributed by atoms with Crippen LogP contribution in [0.25, 0.3) is 0 Å². The van der Waals surface area contributed by atoms with Crippen molar-refractivity contribution in [2.24, 2.45) is 5.73 Å². The van der Waals surface area contributed by atoms with Crippen molar-refractivity contribution in [3.05, 3.63) is 54.3 Å². The maximum atomic E-state index is 6.20. The number of aromatic nitrogens is 1. The Morgan fingerprint density at radius 3 is 2.85 bits per heavy atom. The van der Waals surface area contributed by atoms with Crippen molar-refractivity contribution in [2.75, 3.05) is 13.2 Å². The third kappa shape index (κ3) is 3.94. The van der Waals surface area contributed by atoms with Gasteiger partial charge in [-0.3, -0.25) is 4.90 Å². The van der Waals surface area contributed by atoms with Gasteiger partial charge >= 0.3 is 0 Å². The van der Waals surface area contributed by atoms with Gasteiger partial charge in [-0.05, 0) is 55.9 Å². The summed E-state index contributed by atoms with van der Waals surface area (Å²) in [6.45, 7) is 7.72. The number of ether oxygens (including phenoxy) is 2. The second-order valence-corrected chi connectivity index (χ2v) is 7.78. The first-order valence-corrected chi connectivity index (χ1v) is 9.92. The number of nitrogens with two attached hydrogens (primary N) is 1. The molecule has 2 saturated heterocycles. The molecule has 2 N–H and O–H groups in total. The van der Waals surface area contributed by atoms with E-state index in [9.17, 15) is 0 Å². The molecule has 4 heterocycles. The number of nitrogens with zero attached hydrogens (tertiary/aromatic N) is 2. The molecule has 1 unspecified atom stereocenters. The van der Waals surface area contributed by atoms with Gasteiger partial charge in [0.25, 0.3) is 5.88 Å². The Hall–Kier alpha value is -2.11. The van der Waals surface area contributed by atoms with Crippen LogP contribution in [0, 0.1) is 0 Å². The summed E-state index contributed by atoms with van der Waals surface area (Å²) in [5, 5.41) is 0. The number of pyridine rings is 1. The van der Waals surface area contributed by atoms with Crippen molar-refractivity contribution < 1.29 is 9.47 Å². The van der Waals surface area contributed by atoms with E-state index in [4.69, 9.17) is 15.2 Å². The smallest absolute Gasteiger partial charge is 0.257 e. The molecule has 5 nitrogen and oxygen atoms in total. The van der Waals surface area contributed by atoms with E-state index in [1.807, 2.05) is 12.1 Å². The molecule has 0 spiro atoms. The number of piperidine rings is 1. The molecule has 3 aliphatic heterocycles. The van der Waals surface area contributed by atoms with Crippen LogP contribution < -0.4 is 15.2 Å². The molecular weight excluding hydrogens is 338 g/mol. The van der Waals surface area contributed by atoms with Gasteiger partial charge in [0.2, 0.25) is 0 Å². The summed E-state index contributed by atoms with van der Waals surface area (Å²) >= 11 is 0. The van der Waals surface area contributed by atoms with Crippen LogP contribution in [0.5, 0.6) is 11.6 Å². The number of fused-ring (bicyclic) bond motifs is 3. The quantitative estimate of drug-likeness (QED) is 0.810. The van der Waals surface area contributed by atoms with Gasteiger partial charge in [-0.2, -0.15) is 0 Å². The lowest BCUT2D eigenvalue weighted by atomic mass is 9.97.